The molecule has 2 N–H and O–H groups in total. The molecule has 1 aromatic heterocycles. The van der Waals surface area contributed by atoms with Crippen LogP contribution >= 0.6 is 0 Å². The predicted octanol–water partition coefficient (Wildman–Crippen LogP) is 3.19. The Kier molecular flexibility index (Phi) is 2.37. The first-order chi connectivity index (χ1) is 8.63. The predicted molar refractivity (Wildman–Crippen MR) is 72.3 cm³/mol. The molecule has 0 bridgehead atoms. The molecule has 0 spiro atoms. The van der Waals surface area contributed by atoms with E-state index < -0.39 is 0 Å². The summed E-state index contributed by atoms with van der Waals surface area (Å²) in [6.07, 6.45) is 1.77. The Bertz CT molecular complexity index is 597. The molecule has 1 unspecified atom stereocenters. The fraction of sp³-hybridized carbons (Fsp3) is 0.333. The van der Waals surface area contributed by atoms with Gasteiger partial charge in [-0.25, -0.2) is 0 Å². The zero-order valence-electron chi connectivity index (χ0n) is 10.7. The lowest BCUT2D eigenvalue weighted by molar-refractivity contribution is 0.517. The second kappa shape index (κ2) is 3.80. The largest absolute Gasteiger partial charge is 0.303 e. The van der Waals surface area contributed by atoms with E-state index in [1.54, 1.807) is 0 Å². The van der Waals surface area contributed by atoms with Crippen molar-refractivity contribution in [3.8, 4) is 0 Å². The third-order valence-electron chi connectivity index (χ3n) is 4.07. The Hall–Kier alpha value is -1.90. The summed E-state index contributed by atoms with van der Waals surface area (Å²) in [5.41, 5.74) is 5.07. The van der Waals surface area contributed by atoms with Crippen molar-refractivity contribution in [1.29, 1.82) is 5.41 Å². The zero-order chi connectivity index (χ0) is 12.8. The minimum atomic E-state index is -0.0295. The van der Waals surface area contributed by atoms with Crippen molar-refractivity contribution in [2.45, 2.75) is 32.1 Å². The Morgan fingerprint density at radius 1 is 1.28 bits per heavy atom. The van der Waals surface area contributed by atoms with Crippen LogP contribution in [0.5, 0.6) is 0 Å². The molecular weight excluding hydrogens is 222 g/mol. The molecule has 3 rings (SSSR count). The normalized spacial score (nSPS) is 22.9. The van der Waals surface area contributed by atoms with Crippen LogP contribution in [0.3, 0.4) is 0 Å². The van der Waals surface area contributed by atoms with Crippen LogP contribution in [0.2, 0.25) is 0 Å². The van der Waals surface area contributed by atoms with Crippen molar-refractivity contribution in [1.82, 2.24) is 10.2 Å². The summed E-state index contributed by atoms with van der Waals surface area (Å²) in [5.74, 6) is 0. The van der Waals surface area contributed by atoms with Crippen LogP contribution in [0, 0.1) is 12.3 Å². The minimum Gasteiger partial charge on any atom is -0.303 e. The second-order valence-corrected chi connectivity index (χ2v) is 5.25. The Morgan fingerprint density at radius 3 is 2.72 bits per heavy atom. The molecule has 18 heavy (non-hydrogen) atoms. The van der Waals surface area contributed by atoms with Gasteiger partial charge in [0.2, 0.25) is 0 Å². The second-order valence-electron chi connectivity index (χ2n) is 5.25. The molecule has 0 radical (unpaired) electrons. The van der Waals surface area contributed by atoms with Crippen molar-refractivity contribution in [3.05, 3.63) is 52.8 Å². The first-order valence-corrected chi connectivity index (χ1v) is 6.32. The molecule has 1 aliphatic rings. The number of aryl methyl sites for hydroxylation is 1. The molecule has 1 heterocycles. The first kappa shape index (κ1) is 11.2. The van der Waals surface area contributed by atoms with Gasteiger partial charge in [-0.1, -0.05) is 37.3 Å². The fourth-order valence-corrected chi connectivity index (χ4v) is 3.04. The molecule has 0 fully saturated rings. The molecule has 3 heteroatoms. The van der Waals surface area contributed by atoms with Crippen molar-refractivity contribution < 1.29 is 0 Å². The van der Waals surface area contributed by atoms with Crippen molar-refractivity contribution >= 4 is 5.71 Å². The van der Waals surface area contributed by atoms with Gasteiger partial charge in [-0.3, -0.25) is 5.10 Å². The van der Waals surface area contributed by atoms with Gasteiger partial charge in [-0.15, -0.1) is 0 Å². The van der Waals surface area contributed by atoms with E-state index in [0.717, 1.165) is 24.2 Å². The highest BCUT2D eigenvalue weighted by molar-refractivity contribution is 5.99. The maximum absolute atomic E-state index is 8.04. The van der Waals surface area contributed by atoms with Gasteiger partial charge in [0.25, 0.3) is 0 Å². The minimum absolute atomic E-state index is 0.0295. The fourth-order valence-electron chi connectivity index (χ4n) is 3.04. The summed E-state index contributed by atoms with van der Waals surface area (Å²) >= 11 is 0. The van der Waals surface area contributed by atoms with Gasteiger partial charge in [0.1, 0.15) is 5.69 Å². The van der Waals surface area contributed by atoms with E-state index in [2.05, 4.69) is 41.4 Å². The van der Waals surface area contributed by atoms with E-state index in [-0.39, 0.29) is 5.41 Å². The van der Waals surface area contributed by atoms with Crippen molar-refractivity contribution in [2.75, 3.05) is 0 Å². The van der Waals surface area contributed by atoms with E-state index in [4.69, 9.17) is 5.41 Å². The molecule has 1 aliphatic carbocycles. The van der Waals surface area contributed by atoms with Crippen molar-refractivity contribution in [3.63, 3.8) is 0 Å². The number of fused-ring (bicyclic) bond motifs is 1. The molecule has 0 saturated heterocycles. The Balaban J connectivity index is 2.23. The van der Waals surface area contributed by atoms with Crippen LogP contribution in [-0.2, 0) is 5.41 Å². The lowest BCUT2D eigenvalue weighted by Gasteiger charge is -2.34. The topological polar surface area (TPSA) is 52.5 Å². The van der Waals surface area contributed by atoms with Crippen LogP contribution in [0.1, 0.15) is 42.3 Å². The van der Waals surface area contributed by atoms with Gasteiger partial charge >= 0.3 is 0 Å². The standard InChI is InChI=1S/C15H17N3/c1-10-13-14(18-17-10)12(16)8-9-15(13,2)11-6-4-3-5-7-11/h3-7,16H,8-9H2,1-2H3,(H,17,18). The molecule has 0 saturated carbocycles. The van der Waals surface area contributed by atoms with E-state index in [0.29, 0.717) is 5.71 Å². The summed E-state index contributed by atoms with van der Waals surface area (Å²) in [6, 6.07) is 10.5. The highest BCUT2D eigenvalue weighted by Gasteiger charge is 2.38. The molecule has 1 atom stereocenters. The monoisotopic (exact) mass is 239 g/mol. The Labute approximate surface area is 107 Å². The average Bonchev–Trinajstić information content (AvgIpc) is 2.79. The number of aromatic amines is 1. The van der Waals surface area contributed by atoms with Gasteiger partial charge in [0, 0.05) is 16.7 Å². The van der Waals surface area contributed by atoms with E-state index in [1.165, 1.54) is 11.1 Å². The lowest BCUT2D eigenvalue weighted by atomic mass is 9.68. The number of benzene rings is 1. The van der Waals surface area contributed by atoms with Crippen LogP contribution < -0.4 is 0 Å². The summed E-state index contributed by atoms with van der Waals surface area (Å²) in [6.45, 7) is 4.31. The third-order valence-corrected chi connectivity index (χ3v) is 4.07. The lowest BCUT2D eigenvalue weighted by Crippen LogP contribution is -2.31. The van der Waals surface area contributed by atoms with Crippen LogP contribution in [0.15, 0.2) is 30.3 Å². The number of hydrogen-bond donors (Lipinski definition) is 2. The van der Waals surface area contributed by atoms with E-state index in [1.807, 2.05) is 13.0 Å². The number of rotatable bonds is 1. The Morgan fingerprint density at radius 2 is 2.00 bits per heavy atom. The molecule has 2 aromatic rings. The molecule has 3 nitrogen and oxygen atoms in total. The number of hydrogen-bond acceptors (Lipinski definition) is 2. The quantitative estimate of drug-likeness (QED) is 0.789. The third kappa shape index (κ3) is 1.43. The molecule has 0 amide bonds. The summed E-state index contributed by atoms with van der Waals surface area (Å²) in [7, 11) is 0. The number of H-pyrrole nitrogens is 1. The smallest absolute Gasteiger partial charge is 0.110 e. The molecule has 92 valence electrons. The van der Waals surface area contributed by atoms with E-state index in [9.17, 15) is 0 Å². The van der Waals surface area contributed by atoms with Gasteiger partial charge in [0.05, 0.1) is 5.71 Å². The zero-order valence-corrected chi connectivity index (χ0v) is 10.7. The van der Waals surface area contributed by atoms with E-state index >= 15 is 0 Å². The first-order valence-electron chi connectivity index (χ1n) is 6.32. The average molecular weight is 239 g/mol. The summed E-state index contributed by atoms with van der Waals surface area (Å²) < 4.78 is 0. The number of aromatic nitrogens is 2. The molecule has 1 aromatic carbocycles. The number of nitrogens with zero attached hydrogens (tertiary/aromatic N) is 1. The molecule has 0 aliphatic heterocycles. The SMILES string of the molecule is Cc1[nH]nc2c1C(C)(c1ccccc1)CCC2=N. The maximum atomic E-state index is 8.04. The number of nitrogens with one attached hydrogen (secondary N) is 2. The van der Waals surface area contributed by atoms with Gasteiger partial charge in [-0.2, -0.15) is 5.10 Å². The highest BCUT2D eigenvalue weighted by Crippen LogP contribution is 2.42. The molecular formula is C15H17N3. The highest BCUT2D eigenvalue weighted by atomic mass is 15.1. The summed E-state index contributed by atoms with van der Waals surface area (Å²) in [4.78, 5) is 0. The summed E-state index contributed by atoms with van der Waals surface area (Å²) in [5, 5.41) is 15.4. The van der Waals surface area contributed by atoms with Gasteiger partial charge in [-0.05, 0) is 25.3 Å². The maximum Gasteiger partial charge on any atom is 0.110 e. The van der Waals surface area contributed by atoms with Crippen LogP contribution in [0.4, 0.5) is 0 Å². The van der Waals surface area contributed by atoms with Gasteiger partial charge in [0.15, 0.2) is 0 Å². The van der Waals surface area contributed by atoms with Crippen molar-refractivity contribution in [2.24, 2.45) is 0 Å². The van der Waals surface area contributed by atoms with Crippen LogP contribution in [-0.4, -0.2) is 15.9 Å². The van der Waals surface area contributed by atoms with Gasteiger partial charge < -0.3 is 5.41 Å². The van der Waals surface area contributed by atoms with Crippen LogP contribution in [0.25, 0.3) is 0 Å².